The van der Waals surface area contributed by atoms with Gasteiger partial charge in [-0.25, -0.2) is 0 Å². The van der Waals surface area contributed by atoms with Crippen molar-refractivity contribution in [1.29, 1.82) is 0 Å². The normalized spacial score (nSPS) is 16.0. The summed E-state index contributed by atoms with van der Waals surface area (Å²) in [4.78, 5) is 28.2. The van der Waals surface area contributed by atoms with E-state index in [1.54, 1.807) is 0 Å². The number of aliphatic carboxylic acids is 1. The molecule has 23 heavy (non-hydrogen) atoms. The molecule has 1 saturated heterocycles. The van der Waals surface area contributed by atoms with Gasteiger partial charge in [-0.2, -0.15) is 0 Å². The van der Waals surface area contributed by atoms with E-state index in [0.29, 0.717) is 24.5 Å². The van der Waals surface area contributed by atoms with Crippen LogP contribution < -0.4 is 0 Å². The highest BCUT2D eigenvalue weighted by atomic mass is 35.5. The molecule has 3 rings (SSSR count). The Kier molecular flexibility index (Phi) is 4.57. The molecule has 2 aromatic rings. The summed E-state index contributed by atoms with van der Waals surface area (Å²) in [6, 6.07) is 5.59. The van der Waals surface area contributed by atoms with Crippen molar-refractivity contribution in [2.75, 3.05) is 13.1 Å². The molecular formula is C17H19ClN2O3. The number of carboxylic acids is 1. The fourth-order valence-corrected chi connectivity index (χ4v) is 3.38. The molecule has 0 aliphatic carbocycles. The highest BCUT2D eigenvalue weighted by molar-refractivity contribution is 6.31. The molecule has 0 spiro atoms. The highest BCUT2D eigenvalue weighted by Gasteiger charge is 2.24. The molecule has 5 nitrogen and oxygen atoms in total. The van der Waals surface area contributed by atoms with Gasteiger partial charge in [0.15, 0.2) is 0 Å². The fourth-order valence-electron chi connectivity index (χ4n) is 3.21. The van der Waals surface area contributed by atoms with Crippen molar-refractivity contribution in [2.45, 2.75) is 25.7 Å². The summed E-state index contributed by atoms with van der Waals surface area (Å²) in [6.45, 7) is 1.28. The number of carboxylic acid groups (broad SMARTS) is 1. The third-order valence-corrected chi connectivity index (χ3v) is 4.74. The number of carbonyl (C=O) groups excluding carboxylic acids is 1. The van der Waals surface area contributed by atoms with Gasteiger partial charge >= 0.3 is 5.97 Å². The second-order valence-corrected chi connectivity index (χ2v) is 6.54. The fraction of sp³-hybridized carbons (Fsp3) is 0.412. The molecule has 0 unspecified atom stereocenters. The summed E-state index contributed by atoms with van der Waals surface area (Å²) in [5.41, 5.74) is 1.91. The van der Waals surface area contributed by atoms with Gasteiger partial charge in [-0.3, -0.25) is 9.59 Å². The van der Waals surface area contributed by atoms with Crippen molar-refractivity contribution in [2.24, 2.45) is 5.92 Å². The molecule has 6 heteroatoms. The average Bonchev–Trinajstić information content (AvgIpc) is 2.89. The van der Waals surface area contributed by atoms with Crippen LogP contribution in [-0.4, -0.2) is 40.0 Å². The van der Waals surface area contributed by atoms with Crippen LogP contribution in [0, 0.1) is 5.92 Å². The Balaban J connectivity index is 1.63. The largest absolute Gasteiger partial charge is 0.481 e. The Morgan fingerprint density at radius 3 is 2.74 bits per heavy atom. The van der Waals surface area contributed by atoms with Crippen molar-refractivity contribution in [3.63, 3.8) is 0 Å². The number of carbonyl (C=O) groups is 2. The first kappa shape index (κ1) is 15.9. The molecule has 1 amide bonds. The molecule has 0 atom stereocenters. The Morgan fingerprint density at radius 1 is 1.30 bits per heavy atom. The monoisotopic (exact) mass is 334 g/mol. The number of H-pyrrole nitrogens is 1. The summed E-state index contributed by atoms with van der Waals surface area (Å²) in [5.74, 6) is -0.492. The van der Waals surface area contributed by atoms with Crippen LogP contribution in [-0.2, 0) is 16.0 Å². The third kappa shape index (κ3) is 3.67. The lowest BCUT2D eigenvalue weighted by Gasteiger charge is -2.31. The van der Waals surface area contributed by atoms with E-state index in [4.69, 9.17) is 16.7 Å². The predicted octanol–water partition coefficient (Wildman–Crippen LogP) is 3.08. The van der Waals surface area contributed by atoms with Gasteiger partial charge in [-0.15, -0.1) is 0 Å². The van der Waals surface area contributed by atoms with Crippen LogP contribution in [0.5, 0.6) is 0 Å². The molecule has 1 aromatic heterocycles. The second-order valence-electron chi connectivity index (χ2n) is 6.10. The van der Waals surface area contributed by atoms with Gasteiger partial charge in [0.25, 0.3) is 0 Å². The Labute approximate surface area is 139 Å². The standard InChI is InChI=1S/C17H19ClN2O3/c18-13-1-2-15-14(9-13)12(10-19-15)8-16(21)20-5-3-11(4-6-20)7-17(22)23/h1-2,9-11,19H,3-8H2,(H,22,23). The van der Waals surface area contributed by atoms with Crippen LogP contribution in [0.4, 0.5) is 0 Å². The molecule has 2 heterocycles. The van der Waals surface area contributed by atoms with Crippen molar-refractivity contribution < 1.29 is 14.7 Å². The summed E-state index contributed by atoms with van der Waals surface area (Å²) in [6.07, 6.45) is 3.92. The molecule has 1 aromatic carbocycles. The first-order valence-corrected chi connectivity index (χ1v) is 8.16. The molecular weight excluding hydrogens is 316 g/mol. The molecule has 1 fully saturated rings. The van der Waals surface area contributed by atoms with E-state index < -0.39 is 5.97 Å². The maximum atomic E-state index is 12.5. The Hall–Kier alpha value is -2.01. The summed E-state index contributed by atoms with van der Waals surface area (Å²) < 4.78 is 0. The minimum atomic E-state index is -0.759. The number of hydrogen-bond acceptors (Lipinski definition) is 2. The van der Waals surface area contributed by atoms with Crippen LogP contribution in [0.15, 0.2) is 24.4 Å². The number of halogens is 1. The number of likely N-dealkylation sites (tertiary alicyclic amines) is 1. The number of amides is 1. The van der Waals surface area contributed by atoms with E-state index in [1.165, 1.54) is 0 Å². The van der Waals surface area contributed by atoms with Gasteiger partial charge in [0.2, 0.25) is 5.91 Å². The van der Waals surface area contributed by atoms with Crippen LogP contribution in [0.25, 0.3) is 10.9 Å². The average molecular weight is 335 g/mol. The molecule has 0 saturated carbocycles. The summed E-state index contributed by atoms with van der Waals surface area (Å²) >= 11 is 6.03. The number of benzene rings is 1. The maximum absolute atomic E-state index is 12.5. The number of aromatic nitrogens is 1. The van der Waals surface area contributed by atoms with E-state index in [0.717, 1.165) is 29.3 Å². The van der Waals surface area contributed by atoms with Crippen LogP contribution in [0.1, 0.15) is 24.8 Å². The van der Waals surface area contributed by atoms with E-state index in [2.05, 4.69) is 4.98 Å². The van der Waals surface area contributed by atoms with Gasteiger partial charge in [-0.1, -0.05) is 11.6 Å². The Bertz CT molecular complexity index is 733. The van der Waals surface area contributed by atoms with E-state index in [1.807, 2.05) is 29.3 Å². The molecule has 1 aliphatic rings. The lowest BCUT2D eigenvalue weighted by Crippen LogP contribution is -2.39. The topological polar surface area (TPSA) is 73.4 Å². The summed E-state index contributed by atoms with van der Waals surface area (Å²) in [5, 5.41) is 10.5. The van der Waals surface area contributed by atoms with E-state index in [-0.39, 0.29) is 18.2 Å². The Morgan fingerprint density at radius 2 is 2.04 bits per heavy atom. The van der Waals surface area contributed by atoms with Crippen LogP contribution in [0.3, 0.4) is 0 Å². The third-order valence-electron chi connectivity index (χ3n) is 4.50. The zero-order valence-electron chi connectivity index (χ0n) is 12.7. The number of nitrogens with zero attached hydrogens (tertiary/aromatic N) is 1. The summed E-state index contributed by atoms with van der Waals surface area (Å²) in [7, 11) is 0. The zero-order chi connectivity index (χ0) is 16.4. The minimum absolute atomic E-state index is 0.0830. The van der Waals surface area contributed by atoms with Gasteiger partial charge in [0.05, 0.1) is 6.42 Å². The van der Waals surface area contributed by atoms with Gasteiger partial charge in [0, 0.05) is 41.6 Å². The quantitative estimate of drug-likeness (QED) is 0.902. The van der Waals surface area contributed by atoms with Crippen molar-refractivity contribution in [3.05, 3.63) is 35.0 Å². The minimum Gasteiger partial charge on any atom is -0.481 e. The van der Waals surface area contributed by atoms with Crippen molar-refractivity contribution >= 4 is 34.4 Å². The van der Waals surface area contributed by atoms with Gasteiger partial charge in [0.1, 0.15) is 0 Å². The van der Waals surface area contributed by atoms with E-state index >= 15 is 0 Å². The van der Waals surface area contributed by atoms with Gasteiger partial charge in [-0.05, 0) is 42.5 Å². The molecule has 2 N–H and O–H groups in total. The van der Waals surface area contributed by atoms with Gasteiger partial charge < -0.3 is 15.0 Å². The number of nitrogens with one attached hydrogen (secondary N) is 1. The first-order valence-electron chi connectivity index (χ1n) is 7.78. The smallest absolute Gasteiger partial charge is 0.303 e. The number of fused-ring (bicyclic) bond motifs is 1. The molecule has 0 radical (unpaired) electrons. The van der Waals surface area contributed by atoms with E-state index in [9.17, 15) is 9.59 Å². The van der Waals surface area contributed by atoms with Crippen molar-refractivity contribution in [1.82, 2.24) is 9.88 Å². The SMILES string of the molecule is O=C(O)CC1CCN(C(=O)Cc2c[nH]c3ccc(Cl)cc23)CC1. The van der Waals surface area contributed by atoms with Crippen molar-refractivity contribution in [3.8, 4) is 0 Å². The lowest BCUT2D eigenvalue weighted by molar-refractivity contribution is -0.138. The molecule has 1 aliphatic heterocycles. The molecule has 0 bridgehead atoms. The highest BCUT2D eigenvalue weighted by Crippen LogP contribution is 2.25. The van der Waals surface area contributed by atoms with Crippen LogP contribution >= 0.6 is 11.6 Å². The maximum Gasteiger partial charge on any atom is 0.303 e. The number of aromatic amines is 1. The number of piperidine rings is 1. The zero-order valence-corrected chi connectivity index (χ0v) is 13.5. The number of hydrogen-bond donors (Lipinski definition) is 2. The van der Waals surface area contributed by atoms with Crippen LogP contribution in [0.2, 0.25) is 5.02 Å². The molecule has 122 valence electrons. The first-order chi connectivity index (χ1) is 11.0. The number of rotatable bonds is 4. The lowest BCUT2D eigenvalue weighted by atomic mass is 9.93. The second kappa shape index (κ2) is 6.62. The predicted molar refractivity (Wildman–Crippen MR) is 88.6 cm³/mol.